The Bertz CT molecular complexity index is 533. The van der Waals surface area contributed by atoms with Crippen molar-refractivity contribution in [2.75, 3.05) is 20.8 Å². The summed E-state index contributed by atoms with van der Waals surface area (Å²) in [5.41, 5.74) is 2.78. The van der Waals surface area contributed by atoms with Gasteiger partial charge in [0.2, 0.25) is 0 Å². The molecule has 1 aliphatic rings. The number of nitrogens with zero attached hydrogens (tertiary/aromatic N) is 2. The van der Waals surface area contributed by atoms with Crippen LogP contribution in [0.5, 0.6) is 5.75 Å². The van der Waals surface area contributed by atoms with Gasteiger partial charge in [0.1, 0.15) is 11.8 Å². The number of aromatic nitrogens is 1. The van der Waals surface area contributed by atoms with Crippen molar-refractivity contribution in [3.8, 4) is 5.75 Å². The van der Waals surface area contributed by atoms with Gasteiger partial charge in [0.25, 0.3) is 0 Å². The number of aryl methyl sites for hydroxylation is 1. The van der Waals surface area contributed by atoms with Gasteiger partial charge in [0.15, 0.2) is 0 Å². The van der Waals surface area contributed by atoms with Crippen LogP contribution in [0.4, 0.5) is 0 Å². The lowest BCUT2D eigenvalue weighted by atomic mass is 10.1. The van der Waals surface area contributed by atoms with Crippen LogP contribution in [0.3, 0.4) is 0 Å². The van der Waals surface area contributed by atoms with Gasteiger partial charge < -0.3 is 14.6 Å². The Morgan fingerprint density at radius 3 is 2.81 bits per heavy atom. The third-order valence-corrected chi connectivity index (χ3v) is 3.96. The third kappa shape index (κ3) is 3.16. The normalized spacial score (nSPS) is 22.3. The Morgan fingerprint density at radius 2 is 2.19 bits per heavy atom. The van der Waals surface area contributed by atoms with Crippen molar-refractivity contribution >= 4 is 5.97 Å². The number of likely N-dealkylation sites (tertiary alicyclic amines) is 1. The molecule has 2 rings (SSSR count). The lowest BCUT2D eigenvalue weighted by Crippen LogP contribution is -2.36. The van der Waals surface area contributed by atoms with Crippen molar-refractivity contribution in [3.05, 3.63) is 23.0 Å². The first-order chi connectivity index (χ1) is 9.97. The Labute approximate surface area is 124 Å². The zero-order valence-corrected chi connectivity index (χ0v) is 12.9. The molecule has 0 aromatic carbocycles. The minimum Gasteiger partial charge on any atom is -0.496 e. The standard InChI is InChI=1S/C15H22N2O4/c1-9-6-16-12(10(2)14(9)20-3)8-17-7-11(18)5-13(17)15(19)21-4/h6,11,13,18H,5,7-8H2,1-4H3. The molecule has 1 aromatic heterocycles. The predicted molar refractivity (Wildman–Crippen MR) is 77.1 cm³/mol. The van der Waals surface area contributed by atoms with E-state index in [2.05, 4.69) is 4.98 Å². The second-order valence-corrected chi connectivity index (χ2v) is 5.40. The largest absolute Gasteiger partial charge is 0.496 e. The number of rotatable bonds is 4. The first kappa shape index (κ1) is 15.7. The van der Waals surface area contributed by atoms with Gasteiger partial charge in [0, 0.05) is 36.8 Å². The van der Waals surface area contributed by atoms with Crippen molar-refractivity contribution in [2.45, 2.75) is 39.0 Å². The quantitative estimate of drug-likeness (QED) is 0.829. The highest BCUT2D eigenvalue weighted by molar-refractivity contribution is 5.76. The molecule has 1 aliphatic heterocycles. The molecule has 0 spiro atoms. The van der Waals surface area contributed by atoms with E-state index < -0.39 is 12.1 Å². The lowest BCUT2D eigenvalue weighted by molar-refractivity contribution is -0.146. The van der Waals surface area contributed by atoms with Gasteiger partial charge in [-0.3, -0.25) is 14.7 Å². The fourth-order valence-electron chi connectivity index (χ4n) is 2.86. The molecule has 1 aromatic rings. The molecule has 21 heavy (non-hydrogen) atoms. The Balaban J connectivity index is 2.23. The molecule has 1 saturated heterocycles. The molecule has 0 saturated carbocycles. The first-order valence-corrected chi connectivity index (χ1v) is 6.97. The fourth-order valence-corrected chi connectivity index (χ4v) is 2.86. The average molecular weight is 294 g/mol. The first-order valence-electron chi connectivity index (χ1n) is 6.97. The number of aliphatic hydroxyl groups excluding tert-OH is 1. The number of carbonyl (C=O) groups excluding carboxylic acids is 1. The molecular weight excluding hydrogens is 272 g/mol. The maximum atomic E-state index is 11.8. The van der Waals surface area contributed by atoms with E-state index in [1.807, 2.05) is 18.7 Å². The summed E-state index contributed by atoms with van der Waals surface area (Å²) >= 11 is 0. The van der Waals surface area contributed by atoms with Gasteiger partial charge in [-0.2, -0.15) is 0 Å². The highest BCUT2D eigenvalue weighted by Crippen LogP contribution is 2.27. The molecule has 6 nitrogen and oxygen atoms in total. The van der Waals surface area contributed by atoms with E-state index >= 15 is 0 Å². The second kappa shape index (κ2) is 6.41. The minimum absolute atomic E-state index is 0.316. The van der Waals surface area contributed by atoms with Crippen molar-refractivity contribution < 1.29 is 19.4 Å². The highest BCUT2D eigenvalue weighted by Gasteiger charge is 2.37. The summed E-state index contributed by atoms with van der Waals surface area (Å²) in [5.74, 6) is 0.498. The molecule has 0 radical (unpaired) electrons. The molecule has 1 fully saturated rings. The average Bonchev–Trinajstić information content (AvgIpc) is 2.82. The van der Waals surface area contributed by atoms with Gasteiger partial charge in [-0.1, -0.05) is 0 Å². The highest BCUT2D eigenvalue weighted by atomic mass is 16.5. The van der Waals surface area contributed by atoms with Crippen LogP contribution < -0.4 is 4.74 Å². The number of pyridine rings is 1. The SMILES string of the molecule is COC(=O)C1CC(O)CN1Cc1ncc(C)c(OC)c1C. The number of β-amino-alcohol motifs (C(OH)–C–C–N with tert-alkyl or cyclic N) is 1. The number of methoxy groups -OCH3 is 2. The van der Waals surface area contributed by atoms with Crippen LogP contribution >= 0.6 is 0 Å². The van der Waals surface area contributed by atoms with Crippen molar-refractivity contribution in [1.29, 1.82) is 0 Å². The van der Waals surface area contributed by atoms with Crippen LogP contribution in [0.2, 0.25) is 0 Å². The van der Waals surface area contributed by atoms with Crippen LogP contribution in [0.1, 0.15) is 23.2 Å². The topological polar surface area (TPSA) is 71.9 Å². The molecule has 0 amide bonds. The van der Waals surface area contributed by atoms with Crippen LogP contribution in [0, 0.1) is 13.8 Å². The summed E-state index contributed by atoms with van der Waals surface area (Å²) < 4.78 is 10.2. The Kier molecular flexibility index (Phi) is 4.80. The maximum Gasteiger partial charge on any atom is 0.323 e. The molecule has 1 N–H and O–H groups in total. The molecule has 116 valence electrons. The monoisotopic (exact) mass is 294 g/mol. The number of esters is 1. The summed E-state index contributed by atoms with van der Waals surface area (Å²) in [5, 5.41) is 9.81. The number of ether oxygens (including phenoxy) is 2. The molecule has 2 unspecified atom stereocenters. The summed E-state index contributed by atoms with van der Waals surface area (Å²) in [4.78, 5) is 18.1. The summed E-state index contributed by atoms with van der Waals surface area (Å²) in [6.07, 6.45) is 1.65. The Hall–Kier alpha value is -1.66. The van der Waals surface area contributed by atoms with E-state index in [0.29, 0.717) is 19.5 Å². The number of aliphatic hydroxyl groups is 1. The maximum absolute atomic E-state index is 11.8. The Morgan fingerprint density at radius 1 is 1.48 bits per heavy atom. The van der Waals surface area contributed by atoms with Gasteiger partial charge in [0.05, 0.1) is 26.0 Å². The summed E-state index contributed by atoms with van der Waals surface area (Å²) in [6.45, 7) is 4.82. The van der Waals surface area contributed by atoms with Crippen molar-refractivity contribution in [1.82, 2.24) is 9.88 Å². The molecule has 2 heterocycles. The number of carbonyl (C=O) groups is 1. The van der Waals surface area contributed by atoms with Crippen molar-refractivity contribution in [3.63, 3.8) is 0 Å². The van der Waals surface area contributed by atoms with Crippen LogP contribution in [0.25, 0.3) is 0 Å². The van der Waals surface area contributed by atoms with Crippen LogP contribution in [0.15, 0.2) is 6.20 Å². The smallest absolute Gasteiger partial charge is 0.323 e. The summed E-state index contributed by atoms with van der Waals surface area (Å²) in [6, 6.07) is -0.418. The molecule has 0 bridgehead atoms. The molecular formula is C15H22N2O4. The molecule has 2 atom stereocenters. The van der Waals surface area contributed by atoms with E-state index in [1.54, 1.807) is 13.3 Å². The van der Waals surface area contributed by atoms with Gasteiger partial charge in [-0.15, -0.1) is 0 Å². The number of hydrogen-bond donors (Lipinski definition) is 1. The third-order valence-electron chi connectivity index (χ3n) is 3.96. The van der Waals surface area contributed by atoms with Crippen molar-refractivity contribution in [2.24, 2.45) is 0 Å². The van der Waals surface area contributed by atoms with Gasteiger partial charge >= 0.3 is 5.97 Å². The zero-order chi connectivity index (χ0) is 15.6. The molecule has 0 aliphatic carbocycles. The lowest BCUT2D eigenvalue weighted by Gasteiger charge is -2.23. The van der Waals surface area contributed by atoms with E-state index in [1.165, 1.54) is 7.11 Å². The number of hydrogen-bond acceptors (Lipinski definition) is 6. The summed E-state index contributed by atoms with van der Waals surface area (Å²) in [7, 11) is 3.00. The van der Waals surface area contributed by atoms with E-state index in [9.17, 15) is 9.90 Å². The fraction of sp³-hybridized carbons (Fsp3) is 0.600. The van der Waals surface area contributed by atoms with Crippen LogP contribution in [-0.2, 0) is 16.1 Å². The van der Waals surface area contributed by atoms with E-state index in [0.717, 1.165) is 22.6 Å². The van der Waals surface area contributed by atoms with Crippen LogP contribution in [-0.4, -0.2) is 53.9 Å². The van der Waals surface area contributed by atoms with E-state index in [-0.39, 0.29) is 5.97 Å². The zero-order valence-electron chi connectivity index (χ0n) is 12.9. The second-order valence-electron chi connectivity index (χ2n) is 5.40. The van der Waals surface area contributed by atoms with Gasteiger partial charge in [-0.05, 0) is 13.8 Å². The minimum atomic E-state index is -0.512. The van der Waals surface area contributed by atoms with Gasteiger partial charge in [-0.25, -0.2) is 0 Å². The van der Waals surface area contributed by atoms with E-state index in [4.69, 9.17) is 9.47 Å². The predicted octanol–water partition coefficient (Wildman–Crippen LogP) is 0.815. The molecule has 6 heteroatoms.